The molecular weight excluding hydrogens is 280 g/mol. The van der Waals surface area contributed by atoms with Gasteiger partial charge in [0.25, 0.3) is 0 Å². The molecule has 2 aromatic rings. The van der Waals surface area contributed by atoms with E-state index in [9.17, 15) is 4.79 Å². The smallest absolute Gasteiger partial charge is 0.310 e. The number of aryl methyl sites for hydroxylation is 2. The Morgan fingerprint density at radius 2 is 1.76 bits per heavy atom. The van der Waals surface area contributed by atoms with Gasteiger partial charge in [-0.3, -0.25) is 4.79 Å². The van der Waals surface area contributed by atoms with E-state index in [1.54, 1.807) is 18.7 Å². The Balaban J connectivity index is 2.00. The second-order valence-corrected chi connectivity index (χ2v) is 6.39. The van der Waals surface area contributed by atoms with Crippen LogP contribution in [0.5, 0.6) is 0 Å². The maximum atomic E-state index is 11.0. The fourth-order valence-corrected chi connectivity index (χ4v) is 2.97. The van der Waals surface area contributed by atoms with Gasteiger partial charge in [0.05, 0.1) is 5.92 Å². The van der Waals surface area contributed by atoms with Gasteiger partial charge in [-0.25, -0.2) is 0 Å². The molecule has 1 atom stereocenters. The summed E-state index contributed by atoms with van der Waals surface area (Å²) in [4.78, 5) is 12.2. The average Bonchev–Trinajstić information content (AvgIpc) is 2.48. The van der Waals surface area contributed by atoms with Crippen LogP contribution in [0.1, 0.15) is 35.1 Å². The zero-order valence-corrected chi connectivity index (χ0v) is 13.4. The molecule has 0 aliphatic heterocycles. The standard InChI is InChI=1S/C18H20O2S/c1-12-4-9-17(10-13(12)2)21-11-15-5-7-16(8-6-15)14(3)18(19)20/h4-10,14H,11H2,1-3H3,(H,19,20). The van der Waals surface area contributed by atoms with Crippen LogP contribution in [-0.2, 0) is 10.5 Å². The number of carboxylic acid groups (broad SMARTS) is 1. The number of benzene rings is 2. The summed E-state index contributed by atoms with van der Waals surface area (Å²) >= 11 is 1.80. The van der Waals surface area contributed by atoms with Gasteiger partial charge in [0.15, 0.2) is 0 Å². The highest BCUT2D eigenvalue weighted by atomic mass is 32.2. The van der Waals surface area contributed by atoms with Crippen LogP contribution in [0.3, 0.4) is 0 Å². The Morgan fingerprint density at radius 1 is 1.10 bits per heavy atom. The molecule has 1 N–H and O–H groups in total. The molecule has 3 heteroatoms. The quantitative estimate of drug-likeness (QED) is 0.807. The van der Waals surface area contributed by atoms with E-state index >= 15 is 0 Å². The zero-order valence-electron chi connectivity index (χ0n) is 12.6. The van der Waals surface area contributed by atoms with Crippen molar-refractivity contribution < 1.29 is 9.90 Å². The minimum absolute atomic E-state index is 0.452. The monoisotopic (exact) mass is 300 g/mol. The Bertz CT molecular complexity index is 632. The van der Waals surface area contributed by atoms with Crippen molar-refractivity contribution in [3.63, 3.8) is 0 Å². The Labute approximate surface area is 130 Å². The van der Waals surface area contributed by atoms with Gasteiger partial charge in [-0.2, -0.15) is 0 Å². The number of rotatable bonds is 5. The molecule has 110 valence electrons. The number of hydrogen-bond donors (Lipinski definition) is 1. The van der Waals surface area contributed by atoms with E-state index in [2.05, 4.69) is 32.0 Å². The van der Waals surface area contributed by atoms with Crippen molar-refractivity contribution in [2.45, 2.75) is 37.3 Å². The van der Waals surface area contributed by atoms with Crippen LogP contribution in [0.4, 0.5) is 0 Å². The molecule has 0 heterocycles. The van der Waals surface area contributed by atoms with Crippen LogP contribution in [0, 0.1) is 13.8 Å². The topological polar surface area (TPSA) is 37.3 Å². The minimum atomic E-state index is -0.785. The van der Waals surface area contributed by atoms with E-state index in [0.29, 0.717) is 0 Å². The van der Waals surface area contributed by atoms with Crippen molar-refractivity contribution in [1.82, 2.24) is 0 Å². The van der Waals surface area contributed by atoms with Gasteiger partial charge >= 0.3 is 5.97 Å². The predicted molar refractivity (Wildman–Crippen MR) is 88.0 cm³/mol. The molecule has 1 unspecified atom stereocenters. The van der Waals surface area contributed by atoms with Crippen LogP contribution in [0.15, 0.2) is 47.4 Å². The lowest BCUT2D eigenvalue weighted by Gasteiger charge is -2.08. The number of carboxylic acids is 1. The van der Waals surface area contributed by atoms with Gasteiger partial charge in [-0.1, -0.05) is 30.3 Å². The predicted octanol–water partition coefficient (Wildman–Crippen LogP) is 4.78. The van der Waals surface area contributed by atoms with Gasteiger partial charge < -0.3 is 5.11 Å². The Morgan fingerprint density at radius 3 is 2.33 bits per heavy atom. The summed E-state index contributed by atoms with van der Waals surface area (Å²) in [6.45, 7) is 5.95. The lowest BCUT2D eigenvalue weighted by Crippen LogP contribution is -2.07. The zero-order chi connectivity index (χ0) is 15.4. The van der Waals surface area contributed by atoms with Gasteiger partial charge in [-0.05, 0) is 55.2 Å². The third kappa shape index (κ3) is 4.11. The van der Waals surface area contributed by atoms with Crippen LogP contribution < -0.4 is 0 Å². The third-order valence-electron chi connectivity index (χ3n) is 3.73. The molecule has 2 rings (SSSR count). The molecule has 21 heavy (non-hydrogen) atoms. The van der Waals surface area contributed by atoms with Crippen molar-refractivity contribution in [2.24, 2.45) is 0 Å². The van der Waals surface area contributed by atoms with Gasteiger partial charge in [0.2, 0.25) is 0 Å². The molecule has 0 radical (unpaired) electrons. The first-order valence-electron chi connectivity index (χ1n) is 6.99. The second-order valence-electron chi connectivity index (χ2n) is 5.34. The number of thioether (sulfide) groups is 1. The lowest BCUT2D eigenvalue weighted by atomic mass is 10.0. The minimum Gasteiger partial charge on any atom is -0.481 e. The highest BCUT2D eigenvalue weighted by Crippen LogP contribution is 2.25. The molecule has 0 amide bonds. The van der Waals surface area contributed by atoms with Gasteiger partial charge in [-0.15, -0.1) is 11.8 Å². The molecular formula is C18H20O2S. The summed E-state index contributed by atoms with van der Waals surface area (Å²) < 4.78 is 0. The summed E-state index contributed by atoms with van der Waals surface area (Å²) in [5.74, 6) is -0.344. The SMILES string of the molecule is Cc1ccc(SCc2ccc(C(C)C(=O)O)cc2)cc1C. The third-order valence-corrected chi connectivity index (χ3v) is 4.80. The van der Waals surface area contributed by atoms with E-state index in [4.69, 9.17) is 5.11 Å². The van der Waals surface area contributed by atoms with Crippen LogP contribution in [0.25, 0.3) is 0 Å². The fourth-order valence-electron chi connectivity index (χ4n) is 2.02. The van der Waals surface area contributed by atoms with E-state index in [-0.39, 0.29) is 0 Å². The highest BCUT2D eigenvalue weighted by molar-refractivity contribution is 7.98. The van der Waals surface area contributed by atoms with Crippen molar-refractivity contribution in [3.8, 4) is 0 Å². The molecule has 0 aliphatic carbocycles. The van der Waals surface area contributed by atoms with Crippen LogP contribution >= 0.6 is 11.8 Å². The van der Waals surface area contributed by atoms with Crippen LogP contribution in [0.2, 0.25) is 0 Å². The summed E-state index contributed by atoms with van der Waals surface area (Å²) in [6.07, 6.45) is 0. The molecule has 0 aliphatic rings. The van der Waals surface area contributed by atoms with E-state index in [0.717, 1.165) is 11.3 Å². The molecule has 2 nitrogen and oxygen atoms in total. The summed E-state index contributed by atoms with van der Waals surface area (Å²) in [7, 11) is 0. The second kappa shape index (κ2) is 6.81. The maximum Gasteiger partial charge on any atom is 0.310 e. The maximum absolute atomic E-state index is 11.0. The number of hydrogen-bond acceptors (Lipinski definition) is 2. The first-order valence-corrected chi connectivity index (χ1v) is 7.97. The summed E-state index contributed by atoms with van der Waals surface area (Å²) in [6, 6.07) is 14.4. The molecule has 2 aromatic carbocycles. The molecule has 0 bridgehead atoms. The van der Waals surface area contributed by atoms with Gasteiger partial charge in [0, 0.05) is 10.6 Å². The number of carbonyl (C=O) groups is 1. The normalized spacial score (nSPS) is 12.1. The average molecular weight is 300 g/mol. The summed E-state index contributed by atoms with van der Waals surface area (Å²) in [5, 5.41) is 9.00. The molecule has 0 aromatic heterocycles. The molecule has 0 saturated heterocycles. The Kier molecular flexibility index (Phi) is 5.07. The van der Waals surface area contributed by atoms with E-state index in [1.807, 2.05) is 24.3 Å². The lowest BCUT2D eigenvalue weighted by molar-refractivity contribution is -0.138. The molecule has 0 spiro atoms. The van der Waals surface area contributed by atoms with Crippen molar-refractivity contribution in [2.75, 3.05) is 0 Å². The van der Waals surface area contributed by atoms with Gasteiger partial charge in [0.1, 0.15) is 0 Å². The highest BCUT2D eigenvalue weighted by Gasteiger charge is 2.12. The first-order chi connectivity index (χ1) is 9.97. The van der Waals surface area contributed by atoms with Crippen molar-refractivity contribution in [1.29, 1.82) is 0 Å². The Hall–Kier alpha value is -1.74. The number of aliphatic carboxylic acids is 1. The molecule has 0 saturated carbocycles. The van der Waals surface area contributed by atoms with Crippen molar-refractivity contribution in [3.05, 3.63) is 64.7 Å². The van der Waals surface area contributed by atoms with E-state index < -0.39 is 11.9 Å². The van der Waals surface area contributed by atoms with Crippen LogP contribution in [-0.4, -0.2) is 11.1 Å². The largest absolute Gasteiger partial charge is 0.481 e. The van der Waals surface area contributed by atoms with Crippen molar-refractivity contribution >= 4 is 17.7 Å². The fraction of sp³-hybridized carbons (Fsp3) is 0.278. The first kappa shape index (κ1) is 15.6. The molecule has 0 fully saturated rings. The van der Waals surface area contributed by atoms with E-state index in [1.165, 1.54) is 21.6 Å². The summed E-state index contributed by atoms with van der Waals surface area (Å²) in [5.41, 5.74) is 4.68.